The molecule has 0 spiro atoms. The molecule has 3 aromatic rings. The van der Waals surface area contributed by atoms with Crippen molar-refractivity contribution in [3.05, 3.63) is 59.2 Å². The number of carbonyl (C=O) groups excluding carboxylic acids is 1. The summed E-state index contributed by atoms with van der Waals surface area (Å²) in [5.74, 6) is 0.726. The highest BCUT2D eigenvalue weighted by molar-refractivity contribution is 6.31. The number of nitrogens with zero attached hydrogens (tertiary/aromatic N) is 3. The lowest BCUT2D eigenvalue weighted by atomic mass is 10.2. The van der Waals surface area contributed by atoms with Crippen LogP contribution in [0.5, 0.6) is 0 Å². The highest BCUT2D eigenvalue weighted by Gasteiger charge is 2.06. The average molecular weight is 369 g/mol. The van der Waals surface area contributed by atoms with E-state index in [4.69, 9.17) is 11.6 Å². The maximum Gasteiger partial charge on any atom is 0.249 e. The maximum atomic E-state index is 11.2. The Labute approximate surface area is 155 Å². The van der Waals surface area contributed by atoms with Gasteiger partial charge in [0.25, 0.3) is 0 Å². The molecule has 1 heterocycles. The largest absolute Gasteiger partial charge is 0.339 e. The van der Waals surface area contributed by atoms with Gasteiger partial charge in [-0.2, -0.15) is 10.1 Å². The molecule has 7 nitrogen and oxygen atoms in total. The van der Waals surface area contributed by atoms with Gasteiger partial charge < -0.3 is 16.0 Å². The summed E-state index contributed by atoms with van der Waals surface area (Å²) < 4.78 is 0. The van der Waals surface area contributed by atoms with E-state index in [1.54, 1.807) is 12.1 Å². The second kappa shape index (κ2) is 7.79. The number of carbonyl (C=O) groups is 1. The molecular formula is C18H17ClN6O. The molecule has 26 heavy (non-hydrogen) atoms. The van der Waals surface area contributed by atoms with Gasteiger partial charge in [0, 0.05) is 29.0 Å². The van der Waals surface area contributed by atoms with E-state index in [0.717, 1.165) is 16.9 Å². The molecule has 0 atom stereocenters. The lowest BCUT2D eigenvalue weighted by Crippen LogP contribution is -2.06. The van der Waals surface area contributed by atoms with E-state index >= 15 is 0 Å². The number of anilines is 5. The molecule has 0 aliphatic carbocycles. The van der Waals surface area contributed by atoms with E-state index in [9.17, 15) is 4.79 Å². The molecule has 0 saturated carbocycles. The number of halogens is 1. The van der Waals surface area contributed by atoms with Crippen LogP contribution in [-0.4, -0.2) is 21.1 Å². The van der Waals surface area contributed by atoms with Crippen LogP contribution in [0.2, 0.25) is 5.02 Å². The number of hydrogen-bond acceptors (Lipinski definition) is 6. The first-order valence-electron chi connectivity index (χ1n) is 7.88. The van der Waals surface area contributed by atoms with Crippen LogP contribution in [-0.2, 0) is 4.79 Å². The van der Waals surface area contributed by atoms with Gasteiger partial charge in [-0.3, -0.25) is 4.79 Å². The van der Waals surface area contributed by atoms with Crippen LogP contribution in [0.4, 0.5) is 28.8 Å². The lowest BCUT2D eigenvalue weighted by molar-refractivity contribution is -0.114. The van der Waals surface area contributed by atoms with Gasteiger partial charge in [0.2, 0.25) is 11.9 Å². The molecule has 3 N–H and O–H groups in total. The van der Waals surface area contributed by atoms with Crippen molar-refractivity contribution in [3.63, 3.8) is 0 Å². The molecule has 3 rings (SSSR count). The number of aromatic nitrogens is 3. The van der Waals surface area contributed by atoms with Gasteiger partial charge in [0.1, 0.15) is 0 Å². The zero-order valence-electron chi connectivity index (χ0n) is 14.2. The predicted octanol–water partition coefficient (Wildman–Crippen LogP) is 4.28. The minimum Gasteiger partial charge on any atom is -0.339 e. The molecule has 0 fully saturated rings. The van der Waals surface area contributed by atoms with Crippen molar-refractivity contribution in [1.29, 1.82) is 0 Å². The van der Waals surface area contributed by atoms with E-state index in [-0.39, 0.29) is 5.91 Å². The zero-order valence-corrected chi connectivity index (χ0v) is 15.0. The quantitative estimate of drug-likeness (QED) is 0.622. The standard InChI is InChI=1S/C18H17ClN6O/c1-11-15(19)7-4-8-16(11)23-17-10-20-25-18(24-17)22-14-6-3-5-13(9-14)21-12(2)26/h3-10H,1-2H3,(H,21,26)(H2,22,23,24,25). The van der Waals surface area contributed by atoms with Crippen molar-refractivity contribution in [1.82, 2.24) is 15.2 Å². The van der Waals surface area contributed by atoms with E-state index in [1.807, 2.05) is 37.3 Å². The average Bonchev–Trinajstić information content (AvgIpc) is 2.59. The third kappa shape index (κ3) is 4.46. The van der Waals surface area contributed by atoms with Gasteiger partial charge in [-0.1, -0.05) is 23.7 Å². The van der Waals surface area contributed by atoms with Crippen LogP contribution in [0.3, 0.4) is 0 Å². The van der Waals surface area contributed by atoms with Crippen LogP contribution in [0.25, 0.3) is 0 Å². The highest BCUT2D eigenvalue weighted by atomic mass is 35.5. The fourth-order valence-electron chi connectivity index (χ4n) is 2.30. The summed E-state index contributed by atoms with van der Waals surface area (Å²) in [6.07, 6.45) is 1.53. The van der Waals surface area contributed by atoms with Crippen molar-refractivity contribution in [2.75, 3.05) is 16.0 Å². The molecule has 0 aliphatic heterocycles. The second-order valence-corrected chi connectivity index (χ2v) is 6.00. The van der Waals surface area contributed by atoms with Crippen molar-refractivity contribution in [3.8, 4) is 0 Å². The first-order valence-corrected chi connectivity index (χ1v) is 8.25. The van der Waals surface area contributed by atoms with Gasteiger partial charge in [0.05, 0.1) is 6.20 Å². The SMILES string of the molecule is CC(=O)Nc1cccc(Nc2nncc(Nc3cccc(Cl)c3C)n2)c1. The number of hydrogen-bond donors (Lipinski definition) is 3. The van der Waals surface area contributed by atoms with Gasteiger partial charge in [-0.25, -0.2) is 0 Å². The first-order chi connectivity index (χ1) is 12.5. The predicted molar refractivity (Wildman–Crippen MR) is 103 cm³/mol. The van der Waals surface area contributed by atoms with Gasteiger partial charge in [0.15, 0.2) is 5.82 Å². The number of rotatable bonds is 5. The van der Waals surface area contributed by atoms with E-state index < -0.39 is 0 Å². The topological polar surface area (TPSA) is 91.8 Å². The fourth-order valence-corrected chi connectivity index (χ4v) is 2.48. The molecule has 132 valence electrons. The molecule has 1 amide bonds. The summed E-state index contributed by atoms with van der Waals surface area (Å²) in [6, 6.07) is 12.8. The lowest BCUT2D eigenvalue weighted by Gasteiger charge is -2.11. The van der Waals surface area contributed by atoms with Crippen molar-refractivity contribution in [2.24, 2.45) is 0 Å². The Kier molecular flexibility index (Phi) is 5.28. The molecular weight excluding hydrogens is 352 g/mol. The Bertz CT molecular complexity index is 946. The Morgan fingerprint density at radius 3 is 2.65 bits per heavy atom. The Morgan fingerprint density at radius 2 is 1.85 bits per heavy atom. The summed E-state index contributed by atoms with van der Waals surface area (Å²) in [5, 5.41) is 17.6. The third-order valence-electron chi connectivity index (χ3n) is 3.53. The van der Waals surface area contributed by atoms with Crippen LogP contribution in [0.15, 0.2) is 48.7 Å². The van der Waals surface area contributed by atoms with Crippen molar-refractivity contribution in [2.45, 2.75) is 13.8 Å². The Hall–Kier alpha value is -3.19. The highest BCUT2D eigenvalue weighted by Crippen LogP contribution is 2.25. The summed E-state index contributed by atoms with van der Waals surface area (Å²) in [6.45, 7) is 3.38. The molecule has 0 radical (unpaired) electrons. The molecule has 0 unspecified atom stereocenters. The van der Waals surface area contributed by atoms with Gasteiger partial charge >= 0.3 is 0 Å². The first kappa shape index (κ1) is 17.6. The van der Waals surface area contributed by atoms with Crippen LogP contribution in [0, 0.1) is 6.92 Å². The molecule has 2 aromatic carbocycles. The molecule has 1 aromatic heterocycles. The number of benzene rings is 2. The maximum absolute atomic E-state index is 11.2. The molecule has 0 saturated heterocycles. The van der Waals surface area contributed by atoms with Crippen molar-refractivity contribution < 1.29 is 4.79 Å². The molecule has 0 aliphatic rings. The molecule has 8 heteroatoms. The summed E-state index contributed by atoms with van der Waals surface area (Å²) in [4.78, 5) is 15.6. The number of amides is 1. The van der Waals surface area contributed by atoms with E-state index in [0.29, 0.717) is 22.5 Å². The smallest absolute Gasteiger partial charge is 0.249 e. The summed E-state index contributed by atoms with van der Waals surface area (Å²) >= 11 is 6.14. The van der Waals surface area contributed by atoms with E-state index in [1.165, 1.54) is 13.1 Å². The summed E-state index contributed by atoms with van der Waals surface area (Å²) in [5.41, 5.74) is 3.18. The third-order valence-corrected chi connectivity index (χ3v) is 3.94. The summed E-state index contributed by atoms with van der Waals surface area (Å²) in [7, 11) is 0. The Balaban J connectivity index is 1.77. The molecule has 0 bridgehead atoms. The zero-order chi connectivity index (χ0) is 18.5. The van der Waals surface area contributed by atoms with Crippen LogP contribution >= 0.6 is 11.6 Å². The van der Waals surface area contributed by atoms with Gasteiger partial charge in [-0.15, -0.1) is 5.10 Å². The number of nitrogens with one attached hydrogen (secondary N) is 3. The minimum absolute atomic E-state index is 0.136. The fraction of sp³-hybridized carbons (Fsp3) is 0.111. The van der Waals surface area contributed by atoms with Crippen LogP contribution in [0.1, 0.15) is 12.5 Å². The second-order valence-electron chi connectivity index (χ2n) is 5.59. The van der Waals surface area contributed by atoms with Crippen molar-refractivity contribution >= 4 is 46.3 Å². The van der Waals surface area contributed by atoms with E-state index in [2.05, 4.69) is 31.1 Å². The minimum atomic E-state index is -0.136. The van der Waals surface area contributed by atoms with Crippen LogP contribution < -0.4 is 16.0 Å². The Morgan fingerprint density at radius 1 is 1.08 bits per heavy atom. The van der Waals surface area contributed by atoms with Gasteiger partial charge in [-0.05, 0) is 42.8 Å². The normalized spacial score (nSPS) is 10.3. The monoisotopic (exact) mass is 368 g/mol.